The zero-order valence-electron chi connectivity index (χ0n) is 25.6. The van der Waals surface area contributed by atoms with E-state index in [0.717, 1.165) is 34.8 Å². The van der Waals surface area contributed by atoms with Crippen LogP contribution in [0.2, 0.25) is 5.04 Å². The van der Waals surface area contributed by atoms with Crippen molar-refractivity contribution in [2.45, 2.75) is 71.0 Å². The van der Waals surface area contributed by atoms with E-state index in [1.54, 1.807) is 7.11 Å². The number of benzene rings is 3. The van der Waals surface area contributed by atoms with Gasteiger partial charge >= 0.3 is 0 Å². The van der Waals surface area contributed by atoms with Gasteiger partial charge in [0.1, 0.15) is 17.3 Å². The second kappa shape index (κ2) is 11.2. The Morgan fingerprint density at radius 2 is 1.52 bits per heavy atom. The molecule has 2 fully saturated rings. The first-order valence-corrected chi connectivity index (χ1v) is 16.8. The van der Waals surface area contributed by atoms with Crippen LogP contribution in [0.15, 0.2) is 95.4 Å². The lowest BCUT2D eigenvalue weighted by atomic mass is 9.98. The molecule has 1 unspecified atom stereocenters. The maximum atomic E-state index is 7.17. The molecule has 1 aromatic heterocycles. The van der Waals surface area contributed by atoms with Crippen LogP contribution in [0, 0.1) is 12.3 Å². The summed E-state index contributed by atoms with van der Waals surface area (Å²) in [4.78, 5) is 0. The molecule has 2 aliphatic rings. The zero-order chi connectivity index (χ0) is 29.5. The molecule has 1 aliphatic carbocycles. The quantitative estimate of drug-likeness (QED) is 0.194. The molecule has 1 saturated carbocycles. The molecule has 6 rings (SSSR count). The molecule has 4 atom stereocenters. The maximum Gasteiger partial charge on any atom is 0.261 e. The van der Waals surface area contributed by atoms with Gasteiger partial charge in [0.15, 0.2) is 6.29 Å². The Labute approximate surface area is 250 Å². The molecule has 1 saturated heterocycles. The lowest BCUT2D eigenvalue weighted by molar-refractivity contribution is -0.0718. The highest BCUT2D eigenvalue weighted by atomic mass is 28.4. The summed E-state index contributed by atoms with van der Waals surface area (Å²) in [6, 6.07) is 31.6. The molecule has 0 bridgehead atoms. The summed E-state index contributed by atoms with van der Waals surface area (Å²) in [5.74, 6) is 3.05. The van der Waals surface area contributed by atoms with Crippen molar-refractivity contribution in [3.05, 3.63) is 114 Å². The van der Waals surface area contributed by atoms with Gasteiger partial charge in [-0.15, -0.1) is 0 Å². The van der Waals surface area contributed by atoms with Gasteiger partial charge in [0.2, 0.25) is 0 Å². The Kier molecular flexibility index (Phi) is 7.69. The Morgan fingerprint density at radius 3 is 2.10 bits per heavy atom. The molecule has 2 heterocycles. The predicted molar refractivity (Wildman–Crippen MR) is 168 cm³/mol. The van der Waals surface area contributed by atoms with Crippen molar-refractivity contribution < 1.29 is 23.1 Å². The normalized spacial score (nSPS) is 24.1. The highest BCUT2D eigenvalue weighted by Crippen LogP contribution is 2.63. The molecule has 0 radical (unpaired) electrons. The third-order valence-electron chi connectivity index (χ3n) is 9.31. The fraction of sp³-hybridized carbons (Fsp3) is 0.389. The van der Waals surface area contributed by atoms with Crippen molar-refractivity contribution in [2.24, 2.45) is 5.41 Å². The summed E-state index contributed by atoms with van der Waals surface area (Å²) in [5.41, 5.74) is 2.12. The van der Waals surface area contributed by atoms with Gasteiger partial charge in [-0.3, -0.25) is 0 Å². The minimum absolute atomic E-state index is 0.0109. The first kappa shape index (κ1) is 28.9. The standard InChI is InChI=1S/C36H42O5Si/c1-25-21-31(30-22-36(30,5)33-24-38-34(41-33)26-17-19-27(37-6)20-18-26)40-32(25)23-39-42(35(2,3)4,28-13-9-7-10-14-28)29-15-11-8-12-16-29/h7-21,30,33-34H,22-24H2,1-6H3/t30-,33+,34?,36+/m0/s1. The minimum atomic E-state index is -2.66. The van der Waals surface area contributed by atoms with Crippen LogP contribution < -0.4 is 15.1 Å². The second-order valence-corrected chi connectivity index (χ2v) is 17.3. The van der Waals surface area contributed by atoms with E-state index < -0.39 is 8.32 Å². The largest absolute Gasteiger partial charge is 0.497 e. The van der Waals surface area contributed by atoms with Crippen LogP contribution in [0.4, 0.5) is 0 Å². The maximum absolute atomic E-state index is 7.17. The Hall–Kier alpha value is -3.16. The first-order chi connectivity index (χ1) is 20.2. The predicted octanol–water partition coefficient (Wildman–Crippen LogP) is 7.28. The molecule has 4 aromatic rings. The van der Waals surface area contributed by atoms with Crippen LogP contribution in [0.25, 0.3) is 0 Å². The summed E-state index contributed by atoms with van der Waals surface area (Å²) in [6.07, 6.45) is 0.669. The van der Waals surface area contributed by atoms with Gasteiger partial charge in [-0.2, -0.15) is 0 Å². The molecule has 5 nitrogen and oxygen atoms in total. The lowest BCUT2D eigenvalue weighted by Crippen LogP contribution is -2.66. The van der Waals surface area contributed by atoms with E-state index >= 15 is 0 Å². The molecule has 42 heavy (non-hydrogen) atoms. The van der Waals surface area contributed by atoms with Crippen LogP contribution in [-0.4, -0.2) is 28.1 Å². The zero-order valence-corrected chi connectivity index (χ0v) is 26.6. The monoisotopic (exact) mass is 582 g/mol. The molecule has 3 aromatic carbocycles. The Morgan fingerprint density at radius 1 is 0.905 bits per heavy atom. The summed E-state index contributed by atoms with van der Waals surface area (Å²) in [7, 11) is -0.986. The SMILES string of the molecule is COc1ccc(C2OC[C@H]([C@]3(C)C[C@H]3c3cc(C)c(CO[Si](c4ccccc4)(c4ccccc4)C(C)(C)C)o3)O2)cc1. The van der Waals surface area contributed by atoms with Crippen LogP contribution in [-0.2, 0) is 20.5 Å². The summed E-state index contributed by atoms with van der Waals surface area (Å²) in [6.45, 7) is 12.3. The van der Waals surface area contributed by atoms with Crippen molar-refractivity contribution in [1.82, 2.24) is 0 Å². The van der Waals surface area contributed by atoms with E-state index in [4.69, 9.17) is 23.1 Å². The first-order valence-electron chi connectivity index (χ1n) is 14.9. The molecule has 0 amide bonds. The van der Waals surface area contributed by atoms with Crippen LogP contribution >= 0.6 is 0 Å². The van der Waals surface area contributed by atoms with E-state index in [1.807, 2.05) is 24.3 Å². The van der Waals surface area contributed by atoms with Gasteiger partial charge in [0.25, 0.3) is 8.32 Å². The number of ether oxygens (including phenoxy) is 3. The van der Waals surface area contributed by atoms with Crippen LogP contribution in [0.1, 0.15) is 69.0 Å². The second-order valence-electron chi connectivity index (χ2n) is 13.0. The number of furan rings is 1. The summed E-state index contributed by atoms with van der Waals surface area (Å²) < 4.78 is 31.6. The number of hydrogen-bond donors (Lipinski definition) is 0. The molecule has 0 spiro atoms. The van der Waals surface area contributed by atoms with E-state index in [1.165, 1.54) is 10.4 Å². The number of methoxy groups -OCH3 is 1. The highest BCUT2D eigenvalue weighted by molar-refractivity contribution is 6.99. The van der Waals surface area contributed by atoms with Gasteiger partial charge in [-0.25, -0.2) is 0 Å². The van der Waals surface area contributed by atoms with E-state index in [9.17, 15) is 0 Å². The smallest absolute Gasteiger partial charge is 0.261 e. The molecule has 0 N–H and O–H groups in total. The van der Waals surface area contributed by atoms with Gasteiger partial charge < -0.3 is 23.1 Å². The summed E-state index contributed by atoms with van der Waals surface area (Å²) in [5, 5.41) is 2.45. The topological polar surface area (TPSA) is 50.1 Å². The van der Waals surface area contributed by atoms with Gasteiger partial charge in [-0.05, 0) is 52.5 Å². The lowest BCUT2D eigenvalue weighted by Gasteiger charge is -2.42. The number of rotatable bonds is 9. The number of hydrogen-bond acceptors (Lipinski definition) is 5. The van der Waals surface area contributed by atoms with E-state index in [0.29, 0.717) is 19.1 Å². The highest BCUT2D eigenvalue weighted by Gasteiger charge is 2.60. The number of aryl methyl sites for hydroxylation is 1. The van der Waals surface area contributed by atoms with Gasteiger partial charge in [0.05, 0.1) is 26.4 Å². The van der Waals surface area contributed by atoms with Crippen LogP contribution in [0.5, 0.6) is 5.75 Å². The van der Waals surface area contributed by atoms with Gasteiger partial charge in [0, 0.05) is 16.9 Å². The van der Waals surface area contributed by atoms with Crippen molar-refractivity contribution in [1.29, 1.82) is 0 Å². The summed E-state index contributed by atoms with van der Waals surface area (Å²) >= 11 is 0. The Bertz CT molecular complexity index is 1450. The average molecular weight is 583 g/mol. The van der Waals surface area contributed by atoms with Crippen molar-refractivity contribution >= 4 is 18.7 Å². The minimum Gasteiger partial charge on any atom is -0.497 e. The molecule has 220 valence electrons. The molecule has 6 heteroatoms. The van der Waals surface area contributed by atoms with E-state index in [2.05, 4.69) is 101 Å². The van der Waals surface area contributed by atoms with Crippen molar-refractivity contribution in [2.75, 3.05) is 13.7 Å². The fourth-order valence-corrected chi connectivity index (χ4v) is 11.1. The Balaban J connectivity index is 1.20. The third-order valence-corrected chi connectivity index (χ3v) is 14.3. The third kappa shape index (κ3) is 5.15. The fourth-order valence-electron chi connectivity index (χ4n) is 6.64. The van der Waals surface area contributed by atoms with Crippen molar-refractivity contribution in [3.8, 4) is 5.75 Å². The van der Waals surface area contributed by atoms with Gasteiger partial charge in [-0.1, -0.05) is 100 Å². The molecule has 1 aliphatic heterocycles. The van der Waals surface area contributed by atoms with Crippen LogP contribution in [0.3, 0.4) is 0 Å². The molecular weight excluding hydrogens is 540 g/mol. The molecular formula is C36H42O5Si. The van der Waals surface area contributed by atoms with E-state index in [-0.39, 0.29) is 22.8 Å². The van der Waals surface area contributed by atoms with Crippen molar-refractivity contribution in [3.63, 3.8) is 0 Å². The average Bonchev–Trinajstić information content (AvgIpc) is 3.30.